The number of aliphatic imine (C=N–C) groups is 1. The average Bonchev–Trinajstić information content (AvgIpc) is 2.44. The van der Waals surface area contributed by atoms with E-state index in [0.29, 0.717) is 28.7 Å². The van der Waals surface area contributed by atoms with E-state index < -0.39 is 0 Å². The van der Waals surface area contributed by atoms with Gasteiger partial charge in [0.15, 0.2) is 5.96 Å². The van der Waals surface area contributed by atoms with Crippen molar-refractivity contribution in [2.45, 2.75) is 47.6 Å². The molecule has 88 valence electrons. The second kappa shape index (κ2) is 3.69. The van der Waals surface area contributed by atoms with Gasteiger partial charge >= 0.3 is 0 Å². The molecule has 1 aliphatic carbocycles. The maximum Gasteiger partial charge on any atom is 0.188 e. The molecular formula is C12H25N3. The van der Waals surface area contributed by atoms with Crippen molar-refractivity contribution in [2.24, 2.45) is 27.5 Å². The number of hydrogen-bond acceptors (Lipinski definition) is 1. The monoisotopic (exact) mass is 211 g/mol. The van der Waals surface area contributed by atoms with Crippen LogP contribution in [0.4, 0.5) is 0 Å². The lowest BCUT2D eigenvalue weighted by molar-refractivity contribution is 0.457. The summed E-state index contributed by atoms with van der Waals surface area (Å²) in [4.78, 5) is 4.32. The molecule has 0 aromatic heterocycles. The van der Waals surface area contributed by atoms with Crippen molar-refractivity contribution >= 4 is 5.96 Å². The van der Waals surface area contributed by atoms with E-state index in [1.165, 1.54) is 0 Å². The van der Waals surface area contributed by atoms with Crippen LogP contribution in [-0.4, -0.2) is 18.5 Å². The predicted octanol–water partition coefficient (Wildman–Crippen LogP) is 1.98. The van der Waals surface area contributed by atoms with Crippen molar-refractivity contribution in [3.8, 4) is 0 Å². The van der Waals surface area contributed by atoms with E-state index in [1.807, 2.05) is 0 Å². The molecular weight excluding hydrogens is 186 g/mol. The van der Waals surface area contributed by atoms with E-state index in [-0.39, 0.29) is 0 Å². The van der Waals surface area contributed by atoms with Crippen molar-refractivity contribution in [3.63, 3.8) is 0 Å². The lowest BCUT2D eigenvalue weighted by atomic mass is 10.0. The van der Waals surface area contributed by atoms with Crippen molar-refractivity contribution < 1.29 is 0 Å². The first-order valence-electron chi connectivity index (χ1n) is 5.76. The molecule has 0 bridgehead atoms. The fourth-order valence-corrected chi connectivity index (χ4v) is 2.03. The summed E-state index contributed by atoms with van der Waals surface area (Å²) in [6.07, 6.45) is 0. The first-order valence-corrected chi connectivity index (χ1v) is 5.76. The van der Waals surface area contributed by atoms with E-state index in [2.05, 4.69) is 51.9 Å². The molecule has 1 saturated carbocycles. The van der Waals surface area contributed by atoms with Crippen LogP contribution in [0.3, 0.4) is 0 Å². The molecule has 0 radical (unpaired) electrons. The van der Waals surface area contributed by atoms with Crippen molar-refractivity contribution in [2.75, 3.05) is 6.54 Å². The Morgan fingerprint density at radius 3 is 2.07 bits per heavy atom. The minimum Gasteiger partial charge on any atom is -0.370 e. The highest BCUT2D eigenvalue weighted by atomic mass is 15.2. The summed E-state index contributed by atoms with van der Waals surface area (Å²) in [5, 5.41) is 3.32. The molecule has 0 unspecified atom stereocenters. The smallest absolute Gasteiger partial charge is 0.188 e. The van der Waals surface area contributed by atoms with Crippen LogP contribution in [0.1, 0.15) is 41.5 Å². The predicted molar refractivity (Wildman–Crippen MR) is 65.8 cm³/mol. The molecule has 15 heavy (non-hydrogen) atoms. The van der Waals surface area contributed by atoms with Crippen molar-refractivity contribution in [3.05, 3.63) is 0 Å². The molecule has 0 spiro atoms. The van der Waals surface area contributed by atoms with Crippen LogP contribution in [0.25, 0.3) is 0 Å². The van der Waals surface area contributed by atoms with Crippen LogP contribution in [0.5, 0.6) is 0 Å². The number of rotatable bonds is 3. The molecule has 3 N–H and O–H groups in total. The molecule has 0 aromatic carbocycles. The van der Waals surface area contributed by atoms with Gasteiger partial charge in [0.05, 0.1) is 0 Å². The standard InChI is InChI=1S/C12H25N3/c1-8(2)7-14-10(13)15-9-11(3,4)12(9,5)6/h8-9H,7H2,1-6H3,(H3,13,14,15). The van der Waals surface area contributed by atoms with Gasteiger partial charge in [-0.3, -0.25) is 4.99 Å². The molecule has 0 atom stereocenters. The Morgan fingerprint density at radius 1 is 1.27 bits per heavy atom. The number of nitrogens with two attached hydrogens (primary N) is 1. The van der Waals surface area contributed by atoms with E-state index in [4.69, 9.17) is 5.73 Å². The highest BCUT2D eigenvalue weighted by Crippen LogP contribution is 2.62. The summed E-state index contributed by atoms with van der Waals surface area (Å²) in [5.41, 5.74) is 6.47. The Kier molecular flexibility index (Phi) is 3.04. The normalized spacial score (nSPS) is 24.3. The Balaban J connectivity index is 2.48. The molecule has 1 rings (SSSR count). The molecule has 0 heterocycles. The minimum atomic E-state index is 0.310. The van der Waals surface area contributed by atoms with E-state index >= 15 is 0 Å². The Hall–Kier alpha value is -0.730. The largest absolute Gasteiger partial charge is 0.370 e. The molecule has 0 amide bonds. The fraction of sp³-hybridized carbons (Fsp3) is 0.917. The van der Waals surface area contributed by atoms with Gasteiger partial charge in [0.25, 0.3) is 0 Å². The summed E-state index contributed by atoms with van der Waals surface area (Å²) in [6, 6.07) is 0.445. The lowest BCUT2D eigenvalue weighted by Crippen LogP contribution is -2.36. The van der Waals surface area contributed by atoms with Crippen LogP contribution in [-0.2, 0) is 0 Å². The summed E-state index contributed by atoms with van der Waals surface area (Å²) >= 11 is 0. The Morgan fingerprint density at radius 2 is 1.73 bits per heavy atom. The third-order valence-corrected chi connectivity index (χ3v) is 3.94. The lowest BCUT2D eigenvalue weighted by Gasteiger charge is -2.08. The molecule has 1 fully saturated rings. The van der Waals surface area contributed by atoms with Gasteiger partial charge in [-0.05, 0) is 16.7 Å². The van der Waals surface area contributed by atoms with Crippen LogP contribution in [0, 0.1) is 16.7 Å². The van der Waals surface area contributed by atoms with Crippen LogP contribution >= 0.6 is 0 Å². The molecule has 3 nitrogen and oxygen atoms in total. The van der Waals surface area contributed by atoms with E-state index in [9.17, 15) is 0 Å². The van der Waals surface area contributed by atoms with Gasteiger partial charge in [-0.25, -0.2) is 0 Å². The second-order valence-electron chi connectivity index (χ2n) is 6.14. The summed E-state index contributed by atoms with van der Waals surface area (Å²) in [6.45, 7) is 14.1. The molecule has 0 aliphatic heterocycles. The highest BCUT2D eigenvalue weighted by Gasteiger charge is 2.65. The maximum absolute atomic E-state index is 5.84. The zero-order valence-corrected chi connectivity index (χ0v) is 10.9. The second-order valence-corrected chi connectivity index (χ2v) is 6.14. The van der Waals surface area contributed by atoms with E-state index in [1.54, 1.807) is 0 Å². The third-order valence-electron chi connectivity index (χ3n) is 3.94. The summed E-state index contributed by atoms with van der Waals surface area (Å²) < 4.78 is 0. The van der Waals surface area contributed by atoms with Gasteiger partial charge < -0.3 is 11.1 Å². The zero-order valence-electron chi connectivity index (χ0n) is 10.9. The van der Waals surface area contributed by atoms with Crippen LogP contribution in [0.15, 0.2) is 4.99 Å². The first-order chi connectivity index (χ1) is 6.69. The number of nitrogens with one attached hydrogen (secondary N) is 1. The van der Waals surface area contributed by atoms with Gasteiger partial charge in [0, 0.05) is 12.6 Å². The molecule has 3 heteroatoms. The van der Waals surface area contributed by atoms with Gasteiger partial charge in [-0.2, -0.15) is 0 Å². The van der Waals surface area contributed by atoms with Crippen LogP contribution in [0.2, 0.25) is 0 Å². The first kappa shape index (κ1) is 12.3. The fourth-order valence-electron chi connectivity index (χ4n) is 2.03. The Labute approximate surface area is 93.5 Å². The number of hydrogen-bond donors (Lipinski definition) is 2. The van der Waals surface area contributed by atoms with Crippen molar-refractivity contribution in [1.82, 2.24) is 5.32 Å². The SMILES string of the molecule is CC(C)CN=C(N)NC1C(C)(C)C1(C)C. The van der Waals surface area contributed by atoms with Gasteiger partial charge in [-0.15, -0.1) is 0 Å². The summed E-state index contributed by atoms with van der Waals surface area (Å²) in [5.74, 6) is 1.15. The summed E-state index contributed by atoms with van der Waals surface area (Å²) in [7, 11) is 0. The van der Waals surface area contributed by atoms with E-state index in [0.717, 1.165) is 6.54 Å². The average molecular weight is 211 g/mol. The van der Waals surface area contributed by atoms with Gasteiger partial charge in [-0.1, -0.05) is 41.5 Å². The third kappa shape index (κ3) is 2.27. The quantitative estimate of drug-likeness (QED) is 0.554. The molecule has 0 saturated heterocycles. The molecule has 0 aromatic rings. The maximum atomic E-state index is 5.84. The zero-order chi connectivity index (χ0) is 11.9. The topological polar surface area (TPSA) is 50.4 Å². The van der Waals surface area contributed by atoms with Gasteiger partial charge in [0.1, 0.15) is 0 Å². The molecule has 1 aliphatic rings. The highest BCUT2D eigenvalue weighted by molar-refractivity contribution is 5.79. The van der Waals surface area contributed by atoms with Gasteiger partial charge in [0.2, 0.25) is 0 Å². The minimum absolute atomic E-state index is 0.310. The number of guanidine groups is 1. The number of nitrogens with zero attached hydrogens (tertiary/aromatic N) is 1. The Bertz CT molecular complexity index is 250. The van der Waals surface area contributed by atoms with Crippen molar-refractivity contribution in [1.29, 1.82) is 0 Å². The van der Waals surface area contributed by atoms with Crippen LogP contribution < -0.4 is 11.1 Å².